The number of rotatable bonds is 9. The van der Waals surface area contributed by atoms with E-state index in [-0.39, 0.29) is 5.91 Å². The third kappa shape index (κ3) is 5.63. The lowest BCUT2D eigenvalue weighted by molar-refractivity contribution is 0.0949. The van der Waals surface area contributed by atoms with E-state index in [0.717, 1.165) is 16.9 Å². The van der Waals surface area contributed by atoms with Crippen LogP contribution in [0, 0.1) is 6.92 Å². The van der Waals surface area contributed by atoms with Gasteiger partial charge in [-0.1, -0.05) is 12.1 Å². The number of carbonyl (C=O) groups is 1. The van der Waals surface area contributed by atoms with E-state index in [4.69, 9.17) is 14.2 Å². The van der Waals surface area contributed by atoms with Crippen molar-refractivity contribution in [2.45, 2.75) is 20.0 Å². The minimum atomic E-state index is -0.253. The molecule has 0 bridgehead atoms. The Labute approximate surface area is 181 Å². The molecule has 0 atom stereocenters. The van der Waals surface area contributed by atoms with Crippen molar-refractivity contribution in [2.75, 3.05) is 26.6 Å². The zero-order chi connectivity index (χ0) is 22.2. The zero-order valence-electron chi connectivity index (χ0n) is 18.1. The van der Waals surface area contributed by atoms with Crippen LogP contribution in [0.3, 0.4) is 0 Å². The molecule has 0 radical (unpaired) electrons. The number of ether oxygens (including phenoxy) is 3. The van der Waals surface area contributed by atoms with Crippen molar-refractivity contribution in [3.8, 4) is 17.2 Å². The fraction of sp³-hybridized carbons (Fsp3) is 0.261. The molecule has 0 saturated heterocycles. The number of hydrogen-bond acceptors (Lipinski definition) is 7. The molecule has 0 saturated carbocycles. The number of hydrogen-bond donors (Lipinski definition) is 2. The first-order valence-electron chi connectivity index (χ1n) is 9.73. The lowest BCUT2D eigenvalue weighted by Crippen LogP contribution is -2.24. The number of carbonyl (C=O) groups excluding carboxylic acids is 1. The molecule has 1 amide bonds. The summed E-state index contributed by atoms with van der Waals surface area (Å²) < 4.78 is 15.7. The van der Waals surface area contributed by atoms with E-state index < -0.39 is 0 Å². The van der Waals surface area contributed by atoms with Gasteiger partial charge in [-0.15, -0.1) is 0 Å². The second-order valence-electron chi connectivity index (χ2n) is 6.75. The summed E-state index contributed by atoms with van der Waals surface area (Å²) in [4.78, 5) is 21.3. The van der Waals surface area contributed by atoms with Crippen molar-refractivity contribution in [2.24, 2.45) is 0 Å². The van der Waals surface area contributed by atoms with Crippen molar-refractivity contribution in [3.05, 3.63) is 71.0 Å². The number of methoxy groups -OCH3 is 3. The predicted molar refractivity (Wildman–Crippen MR) is 118 cm³/mol. The van der Waals surface area contributed by atoms with Gasteiger partial charge in [0.05, 0.1) is 32.6 Å². The Hall–Kier alpha value is -3.81. The smallest absolute Gasteiger partial charge is 0.254 e. The molecule has 3 rings (SSSR count). The van der Waals surface area contributed by atoms with Crippen LogP contribution < -0.4 is 24.8 Å². The molecule has 2 aromatic carbocycles. The average molecular weight is 422 g/mol. The third-order valence-electron chi connectivity index (χ3n) is 4.77. The summed E-state index contributed by atoms with van der Waals surface area (Å²) in [5.41, 5.74) is 2.92. The summed E-state index contributed by atoms with van der Waals surface area (Å²) in [7, 11) is 4.80. The largest absolute Gasteiger partial charge is 0.497 e. The quantitative estimate of drug-likeness (QED) is 0.546. The highest BCUT2D eigenvalue weighted by Crippen LogP contribution is 2.24. The van der Waals surface area contributed by atoms with Gasteiger partial charge in [-0.3, -0.25) is 4.79 Å². The molecule has 0 spiro atoms. The van der Waals surface area contributed by atoms with Gasteiger partial charge in [-0.05, 0) is 36.8 Å². The monoisotopic (exact) mass is 422 g/mol. The molecule has 0 unspecified atom stereocenters. The first-order chi connectivity index (χ1) is 15.0. The first kappa shape index (κ1) is 21.9. The van der Waals surface area contributed by atoms with Crippen LogP contribution in [0.15, 0.2) is 48.7 Å². The molecule has 162 valence electrons. The van der Waals surface area contributed by atoms with Gasteiger partial charge < -0.3 is 24.8 Å². The van der Waals surface area contributed by atoms with E-state index in [1.807, 2.05) is 36.4 Å². The van der Waals surface area contributed by atoms with E-state index in [2.05, 4.69) is 20.6 Å². The third-order valence-corrected chi connectivity index (χ3v) is 4.77. The van der Waals surface area contributed by atoms with E-state index >= 15 is 0 Å². The Morgan fingerprint density at radius 2 is 1.65 bits per heavy atom. The van der Waals surface area contributed by atoms with Crippen LogP contribution in [0.5, 0.6) is 17.2 Å². The molecule has 0 aliphatic rings. The van der Waals surface area contributed by atoms with Crippen molar-refractivity contribution in [3.63, 3.8) is 0 Å². The molecule has 1 heterocycles. The molecule has 8 heteroatoms. The Bertz CT molecular complexity index is 1040. The van der Waals surface area contributed by atoms with Gasteiger partial charge in [-0.25, -0.2) is 9.97 Å². The highest BCUT2D eigenvalue weighted by molar-refractivity contribution is 5.95. The van der Waals surface area contributed by atoms with Crippen molar-refractivity contribution < 1.29 is 19.0 Å². The molecule has 1 aromatic heterocycles. The molecule has 0 fully saturated rings. The topological polar surface area (TPSA) is 94.6 Å². The minimum Gasteiger partial charge on any atom is -0.497 e. The van der Waals surface area contributed by atoms with Crippen LogP contribution in [-0.4, -0.2) is 37.2 Å². The van der Waals surface area contributed by atoms with E-state index in [9.17, 15) is 4.79 Å². The summed E-state index contributed by atoms with van der Waals surface area (Å²) in [5, 5.41) is 6.05. The van der Waals surface area contributed by atoms with Crippen LogP contribution >= 0.6 is 0 Å². The van der Waals surface area contributed by atoms with Gasteiger partial charge in [-0.2, -0.15) is 0 Å². The molecule has 2 N–H and O–H groups in total. The maximum atomic E-state index is 12.6. The summed E-state index contributed by atoms with van der Waals surface area (Å²) in [6.45, 7) is 2.65. The molecular weight excluding hydrogens is 396 g/mol. The van der Waals surface area contributed by atoms with Crippen LogP contribution in [-0.2, 0) is 13.1 Å². The Balaban J connectivity index is 1.60. The maximum Gasteiger partial charge on any atom is 0.254 e. The molecule has 8 nitrogen and oxygen atoms in total. The molecule has 3 aromatic rings. The maximum absolute atomic E-state index is 12.6. The van der Waals surface area contributed by atoms with Gasteiger partial charge in [0.15, 0.2) is 0 Å². The number of aromatic nitrogens is 2. The minimum absolute atomic E-state index is 0.253. The summed E-state index contributed by atoms with van der Waals surface area (Å²) in [6.07, 6.45) is 1.53. The van der Waals surface area contributed by atoms with Crippen LogP contribution in [0.1, 0.15) is 27.2 Å². The molecule has 31 heavy (non-hydrogen) atoms. The molecule has 0 aliphatic heterocycles. The number of nitrogens with zero attached hydrogens (tertiary/aromatic N) is 2. The van der Waals surface area contributed by atoms with Gasteiger partial charge in [0.2, 0.25) is 5.95 Å². The lowest BCUT2D eigenvalue weighted by Gasteiger charge is -2.12. The highest BCUT2D eigenvalue weighted by Gasteiger charge is 2.13. The highest BCUT2D eigenvalue weighted by atomic mass is 16.5. The van der Waals surface area contributed by atoms with E-state index in [1.54, 1.807) is 34.3 Å². The van der Waals surface area contributed by atoms with Crippen LogP contribution in [0.4, 0.5) is 5.95 Å². The lowest BCUT2D eigenvalue weighted by atomic mass is 10.1. The van der Waals surface area contributed by atoms with Gasteiger partial charge in [0.1, 0.15) is 17.2 Å². The summed E-state index contributed by atoms with van der Waals surface area (Å²) in [5.74, 6) is 2.34. The molecular formula is C23H26N4O4. The standard InChI is InChI=1S/C23H26N4O4/c1-15-20(22(28)24-13-17-7-10-19(30-3)11-21(17)31-4)14-26-23(27-15)25-12-16-5-8-18(29-2)9-6-16/h5-11,14H,12-13H2,1-4H3,(H,24,28)(H,25,26,27). The number of amides is 1. The summed E-state index contributed by atoms with van der Waals surface area (Å²) in [6, 6.07) is 13.2. The number of aryl methyl sites for hydroxylation is 1. The Kier molecular flexibility index (Phi) is 7.26. The fourth-order valence-electron chi connectivity index (χ4n) is 2.97. The predicted octanol–water partition coefficient (Wildman–Crippen LogP) is 3.35. The number of nitrogens with one attached hydrogen (secondary N) is 2. The van der Waals surface area contributed by atoms with Crippen molar-refractivity contribution in [1.29, 1.82) is 0 Å². The van der Waals surface area contributed by atoms with Crippen molar-refractivity contribution >= 4 is 11.9 Å². The van der Waals surface area contributed by atoms with Crippen LogP contribution in [0.25, 0.3) is 0 Å². The SMILES string of the molecule is COc1ccc(CNc2ncc(C(=O)NCc3ccc(OC)cc3OC)c(C)n2)cc1. The number of benzene rings is 2. The van der Waals surface area contributed by atoms with E-state index in [1.165, 1.54) is 6.20 Å². The van der Waals surface area contributed by atoms with Gasteiger partial charge in [0, 0.05) is 30.9 Å². The normalized spacial score (nSPS) is 10.3. The zero-order valence-corrected chi connectivity index (χ0v) is 18.1. The fourth-order valence-corrected chi connectivity index (χ4v) is 2.97. The van der Waals surface area contributed by atoms with Gasteiger partial charge in [0.25, 0.3) is 5.91 Å². The number of anilines is 1. The average Bonchev–Trinajstić information content (AvgIpc) is 2.81. The summed E-state index contributed by atoms with van der Waals surface area (Å²) >= 11 is 0. The Morgan fingerprint density at radius 3 is 2.29 bits per heavy atom. The Morgan fingerprint density at radius 1 is 0.935 bits per heavy atom. The second kappa shape index (κ2) is 10.3. The molecule has 0 aliphatic carbocycles. The van der Waals surface area contributed by atoms with Crippen molar-refractivity contribution in [1.82, 2.24) is 15.3 Å². The van der Waals surface area contributed by atoms with E-state index in [0.29, 0.717) is 41.8 Å². The second-order valence-corrected chi connectivity index (χ2v) is 6.75. The first-order valence-corrected chi connectivity index (χ1v) is 9.73. The van der Waals surface area contributed by atoms with Gasteiger partial charge >= 0.3 is 0 Å². The van der Waals surface area contributed by atoms with Crippen LogP contribution in [0.2, 0.25) is 0 Å².